The fourth-order valence-corrected chi connectivity index (χ4v) is 3.56. The Labute approximate surface area is 108 Å². The molecule has 1 aromatic rings. The smallest absolute Gasteiger partial charge is 0.138 e. The van der Waals surface area contributed by atoms with Crippen LogP contribution in [0.3, 0.4) is 0 Å². The number of thiophene rings is 1. The Hall–Kier alpha value is -0.670. The zero-order chi connectivity index (χ0) is 12.6. The van der Waals surface area contributed by atoms with E-state index in [4.69, 9.17) is 0 Å². The van der Waals surface area contributed by atoms with E-state index in [9.17, 15) is 4.79 Å². The summed E-state index contributed by atoms with van der Waals surface area (Å²) in [4.78, 5) is 16.9. The molecule has 1 aliphatic rings. The molecule has 0 aliphatic carbocycles. The zero-order valence-electron chi connectivity index (χ0n) is 11.1. The highest BCUT2D eigenvalue weighted by molar-refractivity contribution is 7.12. The van der Waals surface area contributed by atoms with Crippen molar-refractivity contribution < 1.29 is 4.79 Å². The molecule has 0 bridgehead atoms. The Morgan fingerprint density at radius 1 is 1.41 bits per heavy atom. The number of ketones is 1. The van der Waals surface area contributed by atoms with Gasteiger partial charge in [-0.2, -0.15) is 0 Å². The second kappa shape index (κ2) is 4.91. The molecule has 0 spiro atoms. The highest BCUT2D eigenvalue weighted by atomic mass is 32.1. The van der Waals surface area contributed by atoms with Crippen molar-refractivity contribution in [3.63, 3.8) is 0 Å². The molecule has 94 valence electrons. The van der Waals surface area contributed by atoms with Crippen molar-refractivity contribution >= 4 is 17.1 Å². The molecule has 0 N–H and O–H groups in total. The minimum atomic E-state index is 0.173. The summed E-state index contributed by atoms with van der Waals surface area (Å²) in [7, 11) is 0. The third-order valence-corrected chi connectivity index (χ3v) is 5.21. The second-order valence-electron chi connectivity index (χ2n) is 5.11. The van der Waals surface area contributed by atoms with E-state index in [-0.39, 0.29) is 5.92 Å². The summed E-state index contributed by atoms with van der Waals surface area (Å²) in [5.74, 6) is 0.593. The molecular weight excluding hydrogens is 230 g/mol. The summed E-state index contributed by atoms with van der Waals surface area (Å²) in [6.45, 7) is 9.55. The molecule has 3 atom stereocenters. The van der Waals surface area contributed by atoms with Crippen LogP contribution in [0, 0.1) is 12.8 Å². The Kier molecular flexibility index (Phi) is 3.69. The van der Waals surface area contributed by atoms with Crippen LogP contribution in [-0.4, -0.2) is 23.3 Å². The SMILES string of the molecule is Cc1ccc(C(C)N2CCC(=O)C(C)C2C)s1. The molecule has 0 radical (unpaired) electrons. The summed E-state index contributed by atoms with van der Waals surface area (Å²) < 4.78 is 0. The van der Waals surface area contributed by atoms with Gasteiger partial charge in [-0.15, -0.1) is 11.3 Å². The summed E-state index contributed by atoms with van der Waals surface area (Å²) >= 11 is 1.87. The number of carbonyl (C=O) groups is 1. The highest BCUT2D eigenvalue weighted by Gasteiger charge is 2.33. The van der Waals surface area contributed by atoms with E-state index in [1.165, 1.54) is 9.75 Å². The molecule has 0 amide bonds. The molecule has 3 heteroatoms. The molecule has 0 saturated carbocycles. The summed E-state index contributed by atoms with van der Waals surface area (Å²) in [5, 5.41) is 0. The highest BCUT2D eigenvalue weighted by Crippen LogP contribution is 2.32. The molecule has 1 fully saturated rings. The van der Waals surface area contributed by atoms with Crippen molar-refractivity contribution in [2.45, 2.75) is 46.2 Å². The number of carbonyl (C=O) groups excluding carboxylic acids is 1. The molecule has 17 heavy (non-hydrogen) atoms. The standard InChI is InChI=1S/C14H21NOS/c1-9-5-6-14(17-9)12(4)15-8-7-13(16)10(2)11(15)3/h5-6,10-12H,7-8H2,1-4H3. The van der Waals surface area contributed by atoms with E-state index in [2.05, 4.69) is 44.7 Å². The number of hydrogen-bond donors (Lipinski definition) is 0. The third-order valence-electron chi connectivity index (χ3n) is 4.04. The van der Waals surface area contributed by atoms with Crippen LogP contribution in [-0.2, 0) is 4.79 Å². The average Bonchev–Trinajstić information content (AvgIpc) is 2.72. The van der Waals surface area contributed by atoms with Crippen LogP contribution in [0.25, 0.3) is 0 Å². The number of likely N-dealkylation sites (tertiary alicyclic amines) is 1. The largest absolute Gasteiger partial charge is 0.299 e. The van der Waals surface area contributed by atoms with Crippen molar-refractivity contribution in [3.8, 4) is 0 Å². The summed E-state index contributed by atoms with van der Waals surface area (Å²) in [6.07, 6.45) is 0.709. The van der Waals surface area contributed by atoms with Gasteiger partial charge in [0.2, 0.25) is 0 Å². The van der Waals surface area contributed by atoms with Gasteiger partial charge >= 0.3 is 0 Å². The number of rotatable bonds is 2. The van der Waals surface area contributed by atoms with Gasteiger partial charge in [-0.1, -0.05) is 6.92 Å². The van der Waals surface area contributed by atoms with Crippen molar-refractivity contribution in [2.75, 3.05) is 6.54 Å². The number of nitrogens with zero attached hydrogens (tertiary/aromatic N) is 1. The first-order chi connectivity index (χ1) is 8.00. The van der Waals surface area contributed by atoms with Gasteiger partial charge in [-0.3, -0.25) is 9.69 Å². The number of aryl methyl sites for hydroxylation is 1. The van der Waals surface area contributed by atoms with Gasteiger partial charge in [-0.25, -0.2) is 0 Å². The van der Waals surface area contributed by atoms with Gasteiger partial charge in [0, 0.05) is 40.7 Å². The van der Waals surface area contributed by atoms with E-state index < -0.39 is 0 Å². The van der Waals surface area contributed by atoms with Crippen molar-refractivity contribution in [3.05, 3.63) is 21.9 Å². The lowest BCUT2D eigenvalue weighted by molar-refractivity contribution is -0.128. The van der Waals surface area contributed by atoms with Crippen molar-refractivity contribution in [1.29, 1.82) is 0 Å². The van der Waals surface area contributed by atoms with Gasteiger partial charge in [0.25, 0.3) is 0 Å². The number of piperidine rings is 1. The maximum atomic E-state index is 11.7. The summed E-state index contributed by atoms with van der Waals surface area (Å²) in [6, 6.07) is 5.19. The molecule has 2 heterocycles. The lowest BCUT2D eigenvalue weighted by atomic mass is 9.89. The van der Waals surface area contributed by atoms with Crippen LogP contribution < -0.4 is 0 Å². The second-order valence-corrected chi connectivity index (χ2v) is 6.43. The Bertz CT molecular complexity index is 412. The van der Waals surface area contributed by atoms with Gasteiger partial charge in [0.15, 0.2) is 0 Å². The minimum Gasteiger partial charge on any atom is -0.299 e. The lowest BCUT2D eigenvalue weighted by Crippen LogP contribution is -2.47. The quantitative estimate of drug-likeness (QED) is 0.802. The molecule has 3 unspecified atom stereocenters. The van der Waals surface area contributed by atoms with Crippen LogP contribution >= 0.6 is 11.3 Å². The molecule has 1 saturated heterocycles. The molecule has 1 aliphatic heterocycles. The van der Waals surface area contributed by atoms with Crippen LogP contribution in [0.5, 0.6) is 0 Å². The fraction of sp³-hybridized carbons (Fsp3) is 0.643. The third kappa shape index (κ3) is 2.45. The number of hydrogen-bond acceptors (Lipinski definition) is 3. The minimum absolute atomic E-state index is 0.173. The maximum Gasteiger partial charge on any atom is 0.138 e. The predicted molar refractivity (Wildman–Crippen MR) is 72.4 cm³/mol. The molecular formula is C14H21NOS. The zero-order valence-corrected chi connectivity index (χ0v) is 11.9. The van der Waals surface area contributed by atoms with Crippen molar-refractivity contribution in [1.82, 2.24) is 4.90 Å². The normalized spacial score (nSPS) is 28.4. The molecule has 1 aromatic heterocycles. The van der Waals surface area contributed by atoms with Crippen LogP contribution in [0.1, 0.15) is 43.0 Å². The van der Waals surface area contributed by atoms with Crippen molar-refractivity contribution in [2.24, 2.45) is 5.92 Å². The van der Waals surface area contributed by atoms with Crippen LogP contribution in [0.15, 0.2) is 12.1 Å². The monoisotopic (exact) mass is 251 g/mol. The lowest BCUT2D eigenvalue weighted by Gasteiger charge is -2.40. The fourth-order valence-electron chi connectivity index (χ4n) is 2.61. The molecule has 0 aromatic carbocycles. The Balaban J connectivity index is 2.14. The van der Waals surface area contributed by atoms with Crippen LogP contribution in [0.4, 0.5) is 0 Å². The van der Waals surface area contributed by atoms with Gasteiger partial charge in [0.05, 0.1) is 0 Å². The maximum absolute atomic E-state index is 11.7. The Morgan fingerprint density at radius 2 is 2.12 bits per heavy atom. The first-order valence-corrected chi connectivity index (χ1v) is 7.17. The van der Waals surface area contributed by atoms with E-state index >= 15 is 0 Å². The van der Waals surface area contributed by atoms with Gasteiger partial charge < -0.3 is 0 Å². The van der Waals surface area contributed by atoms with Gasteiger partial charge in [-0.05, 0) is 32.9 Å². The van der Waals surface area contributed by atoms with E-state index in [0.29, 0.717) is 24.3 Å². The van der Waals surface area contributed by atoms with Gasteiger partial charge in [0.1, 0.15) is 5.78 Å². The first kappa shape index (κ1) is 12.8. The van der Waals surface area contributed by atoms with E-state index in [0.717, 1.165) is 6.54 Å². The predicted octanol–water partition coefficient (Wildman–Crippen LogP) is 3.42. The first-order valence-electron chi connectivity index (χ1n) is 6.35. The van der Waals surface area contributed by atoms with E-state index in [1.54, 1.807) is 0 Å². The summed E-state index contributed by atoms with van der Waals surface area (Å²) in [5.41, 5.74) is 0. The van der Waals surface area contributed by atoms with Crippen LogP contribution in [0.2, 0.25) is 0 Å². The Morgan fingerprint density at radius 3 is 2.71 bits per heavy atom. The number of Topliss-reactive ketones (excluding diaryl/α,β-unsaturated/α-hetero) is 1. The van der Waals surface area contributed by atoms with E-state index in [1.807, 2.05) is 11.3 Å². The topological polar surface area (TPSA) is 20.3 Å². The molecule has 2 nitrogen and oxygen atoms in total. The molecule has 2 rings (SSSR count). The average molecular weight is 251 g/mol.